The predicted octanol–water partition coefficient (Wildman–Crippen LogP) is 0.353. The van der Waals surface area contributed by atoms with E-state index in [2.05, 4.69) is 47.5 Å². The van der Waals surface area contributed by atoms with Crippen LogP contribution in [-0.2, 0) is 71.9 Å². The number of hydrogen-bond acceptors (Lipinski definition) is 13. The zero-order chi connectivity index (χ0) is 56.8. The van der Waals surface area contributed by atoms with Gasteiger partial charge in [0.15, 0.2) is 0 Å². The van der Waals surface area contributed by atoms with Gasteiger partial charge in [-0.2, -0.15) is 0 Å². The first kappa shape index (κ1) is 60.5. The summed E-state index contributed by atoms with van der Waals surface area (Å²) in [7, 11) is 0. The zero-order valence-electron chi connectivity index (χ0n) is 44.2. The zero-order valence-corrected chi connectivity index (χ0v) is 44.2. The average Bonchev–Trinajstić information content (AvgIpc) is 3.80. The molecule has 1 aliphatic rings. The Kier molecular flexibility index (Phi) is 23.1. The van der Waals surface area contributed by atoms with Gasteiger partial charge in [-0.3, -0.25) is 47.9 Å². The number of phenolic OH excluding ortho intramolecular Hbond substituents is 1. The quantitative estimate of drug-likeness (QED) is 0.0717. The van der Waals surface area contributed by atoms with Crippen LogP contribution in [0.3, 0.4) is 0 Å². The van der Waals surface area contributed by atoms with Crippen molar-refractivity contribution in [1.82, 2.24) is 47.5 Å². The molecule has 14 N–H and O–H groups in total. The molecule has 9 amide bonds. The number of para-hydroxylation sites is 1. The van der Waals surface area contributed by atoms with Crippen LogP contribution in [-0.4, -0.2) is 131 Å². The number of aromatic nitrogens is 1. The maximum atomic E-state index is 14.6. The fourth-order valence-corrected chi connectivity index (χ4v) is 8.53. The summed E-state index contributed by atoms with van der Waals surface area (Å²) in [4.78, 5) is 139. The number of aromatic amines is 1. The van der Waals surface area contributed by atoms with Crippen LogP contribution < -0.4 is 54.0 Å². The number of esters is 1. The maximum Gasteiger partial charge on any atom is 0.308 e. The first-order chi connectivity index (χ1) is 37.1. The molecule has 420 valence electrons. The average molecular weight is 1080 g/mol. The number of ether oxygens (including phenoxy) is 1. The Bertz CT molecular complexity index is 2730. The molecule has 0 bridgehead atoms. The second kappa shape index (κ2) is 29.8. The number of nitrogens with two attached hydrogens (primary N) is 2. The standard InChI is InChI=1S/C55H73N11O12/c1-55(2,3)78-48(71)30-44(54(77)65-42(49(57)72)28-33-13-5-4-6-14-33)66-52(75)41-18-12-26-59-46(69)20-10-9-19-45(68)58-25-11-17-40(63-50(73)38(56)27-34-21-23-36(67)24-22-34)51(74)61-32-47(70)62-43(53(76)64-41)29-35-31-60-39-16-8-7-15-37(35)39/h4-8,13-16,21-24,31,38,40-44,60,67H,9-12,17-20,25-30,32,56H2,1-3H3,(H2,57,72)(H,58,68)(H,59,69)(H,61,74)(H,62,70)(H,63,73)(H,64,76)(H,65,77)(H,66,75)/t38-,40-,41-,42-,43-,44-/m0/s1. The lowest BCUT2D eigenvalue weighted by Gasteiger charge is -2.27. The van der Waals surface area contributed by atoms with Gasteiger partial charge >= 0.3 is 5.97 Å². The molecule has 3 aromatic carbocycles. The first-order valence-electron chi connectivity index (χ1n) is 26.1. The number of fused-ring (bicyclic) bond motifs is 1. The summed E-state index contributed by atoms with van der Waals surface area (Å²) < 4.78 is 5.49. The SMILES string of the molecule is CC(C)(C)OC(=O)C[C@H](NC(=O)[C@@H]1CCCNC(=O)CCCCC(=O)NCCC[C@H](NC(=O)[C@@H](N)Cc2ccc(O)cc2)C(=O)NCC(=O)N[C@@H](Cc2c[nH]c3ccccc23)C(=O)N1)C(=O)N[C@@H](Cc1ccccc1)C(N)=O. The summed E-state index contributed by atoms with van der Waals surface area (Å²) in [5, 5.41) is 31.6. The van der Waals surface area contributed by atoms with Crippen LogP contribution >= 0.6 is 0 Å². The normalized spacial score (nSPS) is 19.1. The molecule has 0 spiro atoms. The molecule has 23 heteroatoms. The van der Waals surface area contributed by atoms with Gasteiger partial charge in [-0.1, -0.05) is 60.7 Å². The van der Waals surface area contributed by atoms with Crippen LogP contribution in [0.4, 0.5) is 0 Å². The highest BCUT2D eigenvalue weighted by atomic mass is 16.6. The molecule has 78 heavy (non-hydrogen) atoms. The number of rotatable bonds is 15. The van der Waals surface area contributed by atoms with Crippen molar-refractivity contribution in [2.24, 2.45) is 11.5 Å². The van der Waals surface area contributed by atoms with Crippen molar-refractivity contribution >= 4 is 70.0 Å². The van der Waals surface area contributed by atoms with E-state index in [0.29, 0.717) is 29.5 Å². The van der Waals surface area contributed by atoms with E-state index >= 15 is 0 Å². The Morgan fingerprint density at radius 2 is 1.33 bits per heavy atom. The minimum absolute atomic E-state index is 0.0142. The molecule has 1 saturated heterocycles. The van der Waals surface area contributed by atoms with E-state index in [4.69, 9.17) is 16.2 Å². The summed E-state index contributed by atoms with van der Waals surface area (Å²) in [6.07, 6.45) is 1.98. The summed E-state index contributed by atoms with van der Waals surface area (Å²) in [5.41, 5.74) is 13.6. The van der Waals surface area contributed by atoms with Gasteiger partial charge in [0.05, 0.1) is 19.0 Å². The minimum atomic E-state index is -1.67. The smallest absolute Gasteiger partial charge is 0.308 e. The molecule has 2 heterocycles. The molecule has 1 fully saturated rings. The van der Waals surface area contributed by atoms with Crippen LogP contribution in [0.1, 0.15) is 95.2 Å². The molecule has 0 saturated carbocycles. The molecule has 1 aliphatic heterocycles. The predicted molar refractivity (Wildman–Crippen MR) is 287 cm³/mol. The number of amides is 9. The van der Waals surface area contributed by atoms with Gasteiger partial charge in [-0.25, -0.2) is 0 Å². The van der Waals surface area contributed by atoms with Gasteiger partial charge in [-0.05, 0) is 101 Å². The minimum Gasteiger partial charge on any atom is -0.508 e. The number of nitrogens with one attached hydrogen (secondary N) is 9. The number of carbonyl (C=O) groups is 10. The Labute approximate surface area is 452 Å². The lowest BCUT2D eigenvalue weighted by Crippen LogP contribution is -2.59. The van der Waals surface area contributed by atoms with Crippen molar-refractivity contribution in [3.63, 3.8) is 0 Å². The van der Waals surface area contributed by atoms with Gasteiger partial charge in [-0.15, -0.1) is 0 Å². The van der Waals surface area contributed by atoms with E-state index in [1.807, 2.05) is 6.07 Å². The number of aromatic hydroxyl groups is 1. The number of carbonyl (C=O) groups excluding carboxylic acids is 10. The lowest BCUT2D eigenvalue weighted by atomic mass is 10.0. The molecular weight excluding hydrogens is 1010 g/mol. The number of phenols is 1. The molecule has 6 atom stereocenters. The fraction of sp³-hybridized carbons (Fsp3) is 0.455. The molecule has 1 aromatic heterocycles. The van der Waals surface area contributed by atoms with E-state index in [1.54, 1.807) is 87.6 Å². The lowest BCUT2D eigenvalue weighted by molar-refractivity contribution is -0.156. The van der Waals surface area contributed by atoms with Crippen LogP contribution in [0.5, 0.6) is 5.75 Å². The molecule has 0 unspecified atom stereocenters. The van der Waals surface area contributed by atoms with E-state index in [-0.39, 0.29) is 88.4 Å². The highest BCUT2D eigenvalue weighted by molar-refractivity contribution is 5.98. The number of benzene rings is 3. The molecule has 0 radical (unpaired) electrons. The van der Waals surface area contributed by atoms with Gasteiger partial charge in [0.1, 0.15) is 41.6 Å². The third kappa shape index (κ3) is 20.7. The summed E-state index contributed by atoms with van der Waals surface area (Å²) in [6.45, 7) is 4.34. The van der Waals surface area contributed by atoms with Crippen LogP contribution in [0.2, 0.25) is 0 Å². The Morgan fingerprint density at radius 3 is 1.99 bits per heavy atom. The summed E-state index contributed by atoms with van der Waals surface area (Å²) in [5.74, 6) is -7.42. The van der Waals surface area contributed by atoms with Crippen molar-refractivity contribution in [2.75, 3.05) is 19.6 Å². The number of primary amides is 1. The molecular formula is C55H73N11O12. The number of hydrogen-bond donors (Lipinski definition) is 12. The Hall–Kier alpha value is -8.34. The Morgan fingerprint density at radius 1 is 0.705 bits per heavy atom. The van der Waals surface area contributed by atoms with Crippen molar-refractivity contribution in [3.05, 3.63) is 102 Å². The van der Waals surface area contributed by atoms with Crippen LogP contribution in [0, 0.1) is 0 Å². The molecule has 0 aliphatic carbocycles. The topological polar surface area (TPSA) is 364 Å². The van der Waals surface area contributed by atoms with Gasteiger partial charge in [0.25, 0.3) is 0 Å². The summed E-state index contributed by atoms with van der Waals surface area (Å²) in [6, 6.07) is 13.8. The summed E-state index contributed by atoms with van der Waals surface area (Å²) >= 11 is 0. The van der Waals surface area contributed by atoms with Crippen LogP contribution in [0.25, 0.3) is 10.9 Å². The van der Waals surface area contributed by atoms with Crippen molar-refractivity contribution in [2.45, 2.75) is 140 Å². The van der Waals surface area contributed by atoms with Crippen molar-refractivity contribution in [1.29, 1.82) is 0 Å². The van der Waals surface area contributed by atoms with Crippen molar-refractivity contribution in [3.8, 4) is 5.75 Å². The van der Waals surface area contributed by atoms with E-state index in [9.17, 15) is 53.1 Å². The van der Waals surface area contributed by atoms with E-state index in [0.717, 1.165) is 10.9 Å². The molecule has 4 aromatic rings. The highest BCUT2D eigenvalue weighted by Gasteiger charge is 2.34. The Balaban J connectivity index is 1.42. The van der Waals surface area contributed by atoms with Gasteiger partial charge < -0.3 is 68.8 Å². The monoisotopic (exact) mass is 1080 g/mol. The second-order valence-electron chi connectivity index (χ2n) is 20.2. The third-order valence-electron chi connectivity index (χ3n) is 12.6. The fourth-order valence-electron chi connectivity index (χ4n) is 8.53. The van der Waals surface area contributed by atoms with Gasteiger partial charge in [0, 0.05) is 55.9 Å². The van der Waals surface area contributed by atoms with E-state index < -0.39 is 102 Å². The number of H-pyrrole nitrogens is 1. The maximum absolute atomic E-state index is 14.6. The molecule has 5 rings (SSSR count). The van der Waals surface area contributed by atoms with Crippen molar-refractivity contribution < 1.29 is 57.8 Å². The largest absolute Gasteiger partial charge is 0.508 e. The second-order valence-corrected chi connectivity index (χ2v) is 20.2. The van der Waals surface area contributed by atoms with E-state index in [1.165, 1.54) is 12.1 Å². The highest BCUT2D eigenvalue weighted by Crippen LogP contribution is 2.20. The first-order valence-corrected chi connectivity index (χ1v) is 26.1. The third-order valence-corrected chi connectivity index (χ3v) is 12.6. The van der Waals surface area contributed by atoms with Gasteiger partial charge in [0.2, 0.25) is 53.2 Å². The van der Waals surface area contributed by atoms with Crippen LogP contribution in [0.15, 0.2) is 85.1 Å². The molecule has 23 nitrogen and oxygen atoms in total.